The van der Waals surface area contributed by atoms with Crippen LogP contribution in [0.2, 0.25) is 5.02 Å². The van der Waals surface area contributed by atoms with Crippen molar-refractivity contribution in [3.05, 3.63) is 77.6 Å². The van der Waals surface area contributed by atoms with Crippen LogP contribution < -0.4 is 10.6 Å². The van der Waals surface area contributed by atoms with Gasteiger partial charge >= 0.3 is 0 Å². The zero-order chi connectivity index (χ0) is 18.5. The molecule has 6 nitrogen and oxygen atoms in total. The van der Waals surface area contributed by atoms with Crippen LogP contribution in [0.15, 0.2) is 67.0 Å². The largest absolute Gasteiger partial charge is 0.324 e. The molecule has 2 N–H and O–H groups in total. The average molecular weight is 369 g/mol. The lowest BCUT2D eigenvalue weighted by Crippen LogP contribution is -2.24. The molecule has 0 saturated heterocycles. The van der Waals surface area contributed by atoms with Crippen LogP contribution in [0.1, 0.15) is 23.3 Å². The molecule has 0 bridgehead atoms. The number of carbonyl (C=O) groups is 2. The third kappa shape index (κ3) is 4.29. The average Bonchev–Trinajstić information content (AvgIpc) is 3.16. The van der Waals surface area contributed by atoms with E-state index in [2.05, 4.69) is 15.7 Å². The van der Waals surface area contributed by atoms with E-state index in [1.54, 1.807) is 78.6 Å². The van der Waals surface area contributed by atoms with Crippen LogP contribution in [0, 0.1) is 0 Å². The van der Waals surface area contributed by atoms with Crippen LogP contribution in [0.5, 0.6) is 0 Å². The lowest BCUT2D eigenvalue weighted by Gasteiger charge is -2.13. The van der Waals surface area contributed by atoms with Gasteiger partial charge in [0.2, 0.25) is 5.91 Å². The molecule has 0 radical (unpaired) electrons. The third-order valence-corrected chi connectivity index (χ3v) is 4.05. The molecule has 1 atom stereocenters. The van der Waals surface area contributed by atoms with E-state index in [9.17, 15) is 9.59 Å². The molecule has 0 fully saturated rings. The molecule has 1 aromatic heterocycles. The number of carbonyl (C=O) groups excluding carboxylic acids is 2. The van der Waals surface area contributed by atoms with Gasteiger partial charge < -0.3 is 10.6 Å². The van der Waals surface area contributed by atoms with Crippen molar-refractivity contribution in [3.63, 3.8) is 0 Å². The summed E-state index contributed by atoms with van der Waals surface area (Å²) in [6.07, 6.45) is 3.35. The van der Waals surface area contributed by atoms with Crippen molar-refractivity contribution in [2.45, 2.75) is 13.0 Å². The maximum atomic E-state index is 12.3. The topological polar surface area (TPSA) is 76.0 Å². The smallest absolute Gasteiger partial charge is 0.255 e. The van der Waals surface area contributed by atoms with Crippen molar-refractivity contribution in [1.29, 1.82) is 0 Å². The minimum atomic E-state index is -0.447. The molecule has 132 valence electrons. The number of nitrogens with one attached hydrogen (secondary N) is 2. The molecule has 3 rings (SSSR count). The zero-order valence-electron chi connectivity index (χ0n) is 14.0. The van der Waals surface area contributed by atoms with E-state index >= 15 is 0 Å². The fourth-order valence-corrected chi connectivity index (χ4v) is 2.48. The van der Waals surface area contributed by atoms with Gasteiger partial charge in [0.25, 0.3) is 5.91 Å². The van der Waals surface area contributed by atoms with E-state index in [-0.39, 0.29) is 11.8 Å². The molecule has 1 heterocycles. The van der Waals surface area contributed by atoms with Gasteiger partial charge in [-0.1, -0.05) is 17.7 Å². The first-order chi connectivity index (χ1) is 12.5. The third-order valence-electron chi connectivity index (χ3n) is 3.80. The number of hydrogen-bond acceptors (Lipinski definition) is 3. The highest BCUT2D eigenvalue weighted by Crippen LogP contribution is 2.18. The van der Waals surface area contributed by atoms with Crippen LogP contribution in [-0.2, 0) is 4.79 Å². The lowest BCUT2D eigenvalue weighted by atomic mass is 10.2. The summed E-state index contributed by atoms with van der Waals surface area (Å²) < 4.78 is 1.57. The molecule has 0 spiro atoms. The first-order valence-corrected chi connectivity index (χ1v) is 8.38. The van der Waals surface area contributed by atoms with Gasteiger partial charge in [-0.2, -0.15) is 5.10 Å². The van der Waals surface area contributed by atoms with Crippen LogP contribution in [-0.4, -0.2) is 21.6 Å². The van der Waals surface area contributed by atoms with E-state index in [1.807, 2.05) is 0 Å². The number of anilines is 2. The number of rotatable bonds is 5. The standard InChI is InChI=1S/C19H17ClN4O2/c1-13(24-11-3-10-21-24)18(25)22-16-4-2-5-17(12-16)23-19(26)14-6-8-15(20)9-7-14/h2-13H,1H3,(H,22,25)(H,23,26)/t13-/m1/s1. The van der Waals surface area contributed by atoms with E-state index < -0.39 is 6.04 Å². The highest BCUT2D eigenvalue weighted by atomic mass is 35.5. The van der Waals surface area contributed by atoms with Gasteiger partial charge in [0.05, 0.1) is 0 Å². The minimum absolute atomic E-state index is 0.199. The fraction of sp³-hybridized carbons (Fsp3) is 0.105. The summed E-state index contributed by atoms with van der Waals surface area (Å²) in [5.74, 6) is -0.454. The normalized spacial score (nSPS) is 11.6. The van der Waals surface area contributed by atoms with Gasteiger partial charge in [-0.05, 0) is 55.5 Å². The molecule has 0 aliphatic heterocycles. The summed E-state index contributed by atoms with van der Waals surface area (Å²) in [5.41, 5.74) is 1.66. The van der Waals surface area contributed by atoms with Gasteiger partial charge in [-0.25, -0.2) is 0 Å². The summed E-state index contributed by atoms with van der Waals surface area (Å²) in [5, 5.41) is 10.3. The summed E-state index contributed by atoms with van der Waals surface area (Å²) in [6, 6.07) is 14.9. The highest BCUT2D eigenvalue weighted by Gasteiger charge is 2.15. The van der Waals surface area contributed by atoms with Gasteiger partial charge in [0.1, 0.15) is 6.04 Å². The number of aromatic nitrogens is 2. The number of benzene rings is 2. The Balaban J connectivity index is 1.67. The SMILES string of the molecule is C[C@H](C(=O)Nc1cccc(NC(=O)c2ccc(Cl)cc2)c1)n1cccn1. The molecular formula is C19H17ClN4O2. The Bertz CT molecular complexity index is 908. The molecule has 7 heteroatoms. The maximum Gasteiger partial charge on any atom is 0.255 e. The molecular weight excluding hydrogens is 352 g/mol. The Morgan fingerprint density at radius 2 is 1.73 bits per heavy atom. The van der Waals surface area contributed by atoms with Gasteiger partial charge in [-0.3, -0.25) is 14.3 Å². The number of nitrogens with zero attached hydrogens (tertiary/aromatic N) is 2. The summed E-state index contributed by atoms with van der Waals surface area (Å²) in [7, 11) is 0. The zero-order valence-corrected chi connectivity index (χ0v) is 14.8. The van der Waals surface area contributed by atoms with Crippen LogP contribution >= 0.6 is 11.6 Å². The molecule has 0 aliphatic rings. The Hall–Kier alpha value is -3.12. The van der Waals surface area contributed by atoms with Crippen molar-refractivity contribution in [2.75, 3.05) is 10.6 Å². The van der Waals surface area contributed by atoms with Crippen molar-refractivity contribution < 1.29 is 9.59 Å². The summed E-state index contributed by atoms with van der Waals surface area (Å²) >= 11 is 5.83. The molecule has 0 unspecified atom stereocenters. The second-order valence-electron chi connectivity index (χ2n) is 5.69. The molecule has 3 aromatic rings. The van der Waals surface area contributed by atoms with Gasteiger partial charge in [0, 0.05) is 34.4 Å². The Kier molecular flexibility index (Phi) is 5.34. The van der Waals surface area contributed by atoms with Gasteiger partial charge in [0.15, 0.2) is 0 Å². The predicted octanol–water partition coefficient (Wildman–Crippen LogP) is 3.99. The van der Waals surface area contributed by atoms with Crippen LogP contribution in [0.3, 0.4) is 0 Å². The molecule has 2 amide bonds. The van der Waals surface area contributed by atoms with Crippen molar-refractivity contribution in [2.24, 2.45) is 0 Å². The Morgan fingerprint density at radius 3 is 2.38 bits per heavy atom. The highest BCUT2D eigenvalue weighted by molar-refractivity contribution is 6.30. The molecule has 2 aromatic carbocycles. The molecule has 0 aliphatic carbocycles. The predicted molar refractivity (Wildman–Crippen MR) is 101 cm³/mol. The Morgan fingerprint density at radius 1 is 1.04 bits per heavy atom. The monoisotopic (exact) mass is 368 g/mol. The quantitative estimate of drug-likeness (QED) is 0.715. The Labute approximate surface area is 155 Å². The number of amides is 2. The second kappa shape index (κ2) is 7.84. The lowest BCUT2D eigenvalue weighted by molar-refractivity contribution is -0.119. The second-order valence-corrected chi connectivity index (χ2v) is 6.13. The van der Waals surface area contributed by atoms with E-state index in [4.69, 9.17) is 11.6 Å². The first kappa shape index (κ1) is 17.7. The van der Waals surface area contributed by atoms with Gasteiger partial charge in [-0.15, -0.1) is 0 Å². The molecule has 0 saturated carbocycles. The minimum Gasteiger partial charge on any atom is -0.324 e. The van der Waals surface area contributed by atoms with Crippen LogP contribution in [0.4, 0.5) is 11.4 Å². The summed E-state index contributed by atoms with van der Waals surface area (Å²) in [4.78, 5) is 24.6. The fourth-order valence-electron chi connectivity index (χ4n) is 2.36. The van der Waals surface area contributed by atoms with Crippen molar-refractivity contribution in [3.8, 4) is 0 Å². The van der Waals surface area contributed by atoms with Crippen LogP contribution in [0.25, 0.3) is 0 Å². The van der Waals surface area contributed by atoms with E-state index in [0.717, 1.165) is 0 Å². The van der Waals surface area contributed by atoms with Crippen molar-refractivity contribution in [1.82, 2.24) is 9.78 Å². The molecule has 26 heavy (non-hydrogen) atoms. The van der Waals surface area contributed by atoms with E-state index in [1.165, 1.54) is 0 Å². The maximum absolute atomic E-state index is 12.3. The first-order valence-electron chi connectivity index (χ1n) is 8.00. The van der Waals surface area contributed by atoms with E-state index in [0.29, 0.717) is 22.0 Å². The van der Waals surface area contributed by atoms with Crippen molar-refractivity contribution >= 4 is 34.8 Å². The number of halogens is 1. The number of hydrogen-bond donors (Lipinski definition) is 2. The summed E-state index contributed by atoms with van der Waals surface area (Å²) in [6.45, 7) is 1.76.